The lowest BCUT2D eigenvalue weighted by Crippen LogP contribution is -2.33. The molecule has 0 heterocycles. The zero-order valence-electron chi connectivity index (χ0n) is 30.5. The predicted molar refractivity (Wildman–Crippen MR) is 175 cm³/mol. The summed E-state index contributed by atoms with van der Waals surface area (Å²) in [5.41, 5.74) is 0. The molecule has 0 aliphatic carbocycles. The molecular weight excluding hydrogens is 502 g/mol. The molecule has 1 N–H and O–H groups in total. The molecule has 0 atom stereocenters. The molecule has 0 aromatic carbocycles. The average molecular weight is 576 g/mol. The average Bonchev–Trinajstić information content (AvgIpc) is 2.71. The van der Waals surface area contributed by atoms with Crippen LogP contribution in [-0.4, -0.2) is 42.0 Å². The van der Waals surface area contributed by atoms with Gasteiger partial charge in [0.05, 0.1) is 24.2 Å². The third-order valence-electron chi connectivity index (χ3n) is 4.40. The molecule has 0 spiro atoms. The van der Waals surface area contributed by atoms with E-state index in [2.05, 4.69) is 33.0 Å². The summed E-state index contributed by atoms with van der Waals surface area (Å²) < 4.78 is 10.1. The van der Waals surface area contributed by atoms with Crippen LogP contribution in [0.4, 0.5) is 0 Å². The fraction of sp³-hybridized carbons (Fsp3) is 0.912. The van der Waals surface area contributed by atoms with Crippen molar-refractivity contribution in [2.75, 3.05) is 0 Å². The first-order valence-corrected chi connectivity index (χ1v) is 15.6. The van der Waals surface area contributed by atoms with Gasteiger partial charge in [0.25, 0.3) is 0 Å². The van der Waals surface area contributed by atoms with E-state index in [-0.39, 0.29) is 47.7 Å². The SMILES string of the molecule is CC(C)C(=O)C(C)C.CC(C)CC(C)C.CC(C)NC(=O)C(C)C.CC(C)OC(=O)C(C)C.CC(C)OC(C)C. The number of Topliss-reactive ketones (excluding diaryl/α,β-unsaturated/α-hetero) is 1. The zero-order chi connectivity index (χ0) is 33.3. The molecule has 1 amide bonds. The summed E-state index contributed by atoms with van der Waals surface area (Å²) in [4.78, 5) is 32.4. The predicted octanol–water partition coefficient (Wildman–Crippen LogP) is 9.14. The van der Waals surface area contributed by atoms with Crippen LogP contribution in [0.25, 0.3) is 0 Å². The van der Waals surface area contributed by atoms with Crippen molar-refractivity contribution in [1.82, 2.24) is 5.32 Å². The topological polar surface area (TPSA) is 81.7 Å². The lowest BCUT2D eigenvalue weighted by atomic mass is 9.99. The van der Waals surface area contributed by atoms with Crippen molar-refractivity contribution in [2.45, 2.75) is 169 Å². The van der Waals surface area contributed by atoms with Gasteiger partial charge in [-0.1, -0.05) is 83.1 Å². The zero-order valence-corrected chi connectivity index (χ0v) is 30.5. The Balaban J connectivity index is -0.000000128. The summed E-state index contributed by atoms with van der Waals surface area (Å²) in [6.07, 6.45) is 2.12. The van der Waals surface area contributed by atoms with Crippen LogP contribution in [0.3, 0.4) is 0 Å². The first kappa shape index (κ1) is 48.3. The maximum absolute atomic E-state index is 10.8. The van der Waals surface area contributed by atoms with E-state index < -0.39 is 0 Å². The van der Waals surface area contributed by atoms with Crippen molar-refractivity contribution in [3.8, 4) is 0 Å². The largest absolute Gasteiger partial charge is 0.463 e. The van der Waals surface area contributed by atoms with Crippen molar-refractivity contribution in [3.63, 3.8) is 0 Å². The fourth-order valence-corrected chi connectivity index (χ4v) is 2.97. The monoisotopic (exact) mass is 576 g/mol. The summed E-state index contributed by atoms with van der Waals surface area (Å²) >= 11 is 0. The van der Waals surface area contributed by atoms with E-state index >= 15 is 0 Å². The summed E-state index contributed by atoms with van der Waals surface area (Å²) in [5, 5.41) is 2.80. The molecule has 0 aromatic heterocycles. The van der Waals surface area contributed by atoms with Gasteiger partial charge in [-0.25, -0.2) is 0 Å². The highest BCUT2D eigenvalue weighted by Crippen LogP contribution is 2.08. The first-order valence-electron chi connectivity index (χ1n) is 15.6. The summed E-state index contributed by atoms with van der Waals surface area (Å²) in [7, 11) is 0. The van der Waals surface area contributed by atoms with Crippen LogP contribution in [0.5, 0.6) is 0 Å². The van der Waals surface area contributed by atoms with Crippen molar-refractivity contribution in [3.05, 3.63) is 0 Å². The number of nitrogens with one attached hydrogen (secondary N) is 1. The molecule has 0 rings (SSSR count). The van der Waals surface area contributed by atoms with E-state index in [0.717, 1.165) is 11.8 Å². The molecule has 244 valence electrons. The van der Waals surface area contributed by atoms with Crippen LogP contribution < -0.4 is 5.32 Å². The Morgan fingerprint density at radius 2 is 0.850 bits per heavy atom. The molecule has 0 radical (unpaired) electrons. The second-order valence-corrected chi connectivity index (χ2v) is 13.4. The second kappa shape index (κ2) is 29.1. The number of carbonyl (C=O) groups excluding carboxylic acids is 3. The molecule has 0 bridgehead atoms. The summed E-state index contributed by atoms with van der Waals surface area (Å²) in [6, 6.07) is 0.264. The minimum Gasteiger partial charge on any atom is -0.463 e. The van der Waals surface area contributed by atoms with Gasteiger partial charge in [-0.2, -0.15) is 0 Å². The minimum atomic E-state index is -0.120. The minimum absolute atomic E-state index is 0.00704. The van der Waals surface area contributed by atoms with Crippen LogP contribution in [0, 0.1) is 35.5 Å². The Morgan fingerprint density at radius 3 is 0.900 bits per heavy atom. The Bertz CT molecular complexity index is 527. The van der Waals surface area contributed by atoms with Gasteiger partial charge in [-0.05, 0) is 73.6 Å². The molecule has 0 unspecified atom stereocenters. The van der Waals surface area contributed by atoms with Crippen LogP contribution in [0.2, 0.25) is 0 Å². The summed E-state index contributed by atoms with van der Waals surface area (Å²) in [6.45, 7) is 40.0. The van der Waals surface area contributed by atoms with E-state index in [1.807, 2.05) is 111 Å². The smallest absolute Gasteiger partial charge is 0.308 e. The fourth-order valence-electron chi connectivity index (χ4n) is 2.97. The van der Waals surface area contributed by atoms with Crippen LogP contribution in [0.15, 0.2) is 0 Å². The number of amides is 1. The van der Waals surface area contributed by atoms with Gasteiger partial charge in [0, 0.05) is 23.8 Å². The Kier molecular flexibility index (Phi) is 35.1. The van der Waals surface area contributed by atoms with E-state index in [0.29, 0.717) is 18.0 Å². The maximum atomic E-state index is 10.8. The number of carbonyl (C=O) groups is 3. The quantitative estimate of drug-likeness (QED) is 0.263. The maximum Gasteiger partial charge on any atom is 0.308 e. The number of hydrogen-bond donors (Lipinski definition) is 1. The van der Waals surface area contributed by atoms with Gasteiger partial charge >= 0.3 is 5.97 Å². The lowest BCUT2D eigenvalue weighted by Gasteiger charge is -2.09. The normalized spacial score (nSPS) is 10.8. The van der Waals surface area contributed by atoms with Gasteiger partial charge in [0.2, 0.25) is 5.91 Å². The van der Waals surface area contributed by atoms with Gasteiger partial charge in [0.15, 0.2) is 0 Å². The first-order chi connectivity index (χ1) is 17.9. The third kappa shape index (κ3) is 49.5. The highest BCUT2D eigenvalue weighted by Gasteiger charge is 2.10. The van der Waals surface area contributed by atoms with Crippen molar-refractivity contribution >= 4 is 17.7 Å². The molecule has 6 heteroatoms. The van der Waals surface area contributed by atoms with Crippen molar-refractivity contribution in [1.29, 1.82) is 0 Å². The van der Waals surface area contributed by atoms with Gasteiger partial charge in [0.1, 0.15) is 5.78 Å². The molecule has 0 saturated heterocycles. The number of hydrogen-bond acceptors (Lipinski definition) is 5. The summed E-state index contributed by atoms with van der Waals surface area (Å²) in [5.74, 6) is 2.62. The molecule has 0 aliphatic heterocycles. The molecule has 0 aromatic rings. The highest BCUT2D eigenvalue weighted by molar-refractivity contribution is 5.82. The third-order valence-corrected chi connectivity index (χ3v) is 4.40. The van der Waals surface area contributed by atoms with Gasteiger partial charge in [-0.15, -0.1) is 0 Å². The van der Waals surface area contributed by atoms with Gasteiger partial charge < -0.3 is 14.8 Å². The van der Waals surface area contributed by atoms with Crippen LogP contribution in [0.1, 0.15) is 145 Å². The number of ether oxygens (including phenoxy) is 2. The Morgan fingerprint density at radius 1 is 0.500 bits per heavy atom. The second-order valence-electron chi connectivity index (χ2n) is 13.4. The Labute approximate surface area is 251 Å². The molecule has 0 fully saturated rings. The molecular formula is C34H73NO5. The van der Waals surface area contributed by atoms with E-state index in [1.165, 1.54) is 6.42 Å². The van der Waals surface area contributed by atoms with Crippen LogP contribution >= 0.6 is 0 Å². The standard InChI is InChI=1S/C7H15NO.C7H14O2.C7H14O.C7H16.C6H14O/c1-5(2)7(9)8-6(3)4;1-5(2)7(8)9-6(3)4;1-5(2)7(8)6(3)4;1-6(2)5-7(3)4;1-5(2)7-6(3)4/h5-6H,1-4H3,(H,8,9);5-6H,1-4H3;5-6H,1-4H3;6-7H,5H2,1-4H3;5-6H,1-4H3. The van der Waals surface area contributed by atoms with Crippen molar-refractivity contribution < 1.29 is 23.9 Å². The van der Waals surface area contributed by atoms with Crippen molar-refractivity contribution in [2.24, 2.45) is 35.5 Å². The van der Waals surface area contributed by atoms with Gasteiger partial charge in [-0.3, -0.25) is 14.4 Å². The molecule has 0 saturated carbocycles. The van der Waals surface area contributed by atoms with E-state index in [9.17, 15) is 14.4 Å². The molecule has 6 nitrogen and oxygen atoms in total. The number of rotatable bonds is 10. The van der Waals surface area contributed by atoms with E-state index in [4.69, 9.17) is 9.47 Å². The van der Waals surface area contributed by atoms with E-state index in [1.54, 1.807) is 0 Å². The molecule has 0 aliphatic rings. The Hall–Kier alpha value is -1.43. The van der Waals surface area contributed by atoms with Crippen LogP contribution in [-0.2, 0) is 23.9 Å². The highest BCUT2D eigenvalue weighted by atomic mass is 16.5. The molecule has 40 heavy (non-hydrogen) atoms. The number of ketones is 1. The lowest BCUT2D eigenvalue weighted by molar-refractivity contribution is -0.151. The number of esters is 1.